The summed E-state index contributed by atoms with van der Waals surface area (Å²) in [5.41, 5.74) is 0.567. The van der Waals surface area contributed by atoms with Gasteiger partial charge in [-0.15, -0.1) is 0 Å². The Labute approximate surface area is 95.6 Å². The van der Waals surface area contributed by atoms with E-state index in [9.17, 15) is 10.2 Å². The number of aliphatic hydroxyl groups is 2. The molecule has 2 N–H and O–H groups in total. The number of aliphatic hydroxyl groups excluding tert-OH is 2. The molecule has 0 fully saturated rings. The summed E-state index contributed by atoms with van der Waals surface area (Å²) < 4.78 is 0. The molecule has 0 aromatic heterocycles. The van der Waals surface area contributed by atoms with Gasteiger partial charge >= 0.3 is 0 Å². The van der Waals surface area contributed by atoms with Crippen LogP contribution in [0.25, 0.3) is 0 Å². The van der Waals surface area contributed by atoms with Crippen LogP contribution in [0.3, 0.4) is 0 Å². The maximum atomic E-state index is 10.3. The van der Waals surface area contributed by atoms with E-state index in [1.807, 2.05) is 43.3 Å². The van der Waals surface area contributed by atoms with Crippen LogP contribution in [-0.2, 0) is 0 Å². The third kappa shape index (κ3) is 2.02. The van der Waals surface area contributed by atoms with Gasteiger partial charge in [0.25, 0.3) is 0 Å². The molecule has 0 saturated carbocycles. The Morgan fingerprint density at radius 2 is 1.94 bits per heavy atom. The van der Waals surface area contributed by atoms with Gasteiger partial charge in [-0.2, -0.15) is 0 Å². The fraction of sp³-hybridized carbons (Fsp3) is 0.286. The first-order chi connectivity index (χ1) is 7.62. The second kappa shape index (κ2) is 4.14. The van der Waals surface area contributed by atoms with Crippen molar-refractivity contribution in [3.05, 3.63) is 59.9 Å². The lowest BCUT2D eigenvalue weighted by molar-refractivity contribution is 0.0697. The van der Waals surface area contributed by atoms with Crippen LogP contribution in [-0.4, -0.2) is 10.2 Å². The molecule has 1 aromatic carbocycles. The molecule has 0 heterocycles. The highest BCUT2D eigenvalue weighted by molar-refractivity contribution is 5.27. The minimum Gasteiger partial charge on any atom is -0.508 e. The lowest BCUT2D eigenvalue weighted by atomic mass is 9.76. The van der Waals surface area contributed by atoms with Crippen molar-refractivity contribution in [1.29, 1.82) is 0 Å². The van der Waals surface area contributed by atoms with Crippen molar-refractivity contribution in [2.24, 2.45) is 5.41 Å². The maximum Gasteiger partial charge on any atom is 0.111 e. The molecule has 0 radical (unpaired) electrons. The van der Waals surface area contributed by atoms with Crippen molar-refractivity contribution in [3.63, 3.8) is 0 Å². The van der Waals surface area contributed by atoms with E-state index in [1.54, 1.807) is 12.2 Å². The van der Waals surface area contributed by atoms with E-state index in [0.29, 0.717) is 6.42 Å². The van der Waals surface area contributed by atoms with Crippen molar-refractivity contribution in [2.75, 3.05) is 0 Å². The van der Waals surface area contributed by atoms with Crippen molar-refractivity contribution in [1.82, 2.24) is 0 Å². The molecule has 2 heteroatoms. The Kier molecular flexibility index (Phi) is 2.84. The molecule has 2 nitrogen and oxygen atoms in total. The van der Waals surface area contributed by atoms with Crippen LogP contribution >= 0.6 is 0 Å². The van der Waals surface area contributed by atoms with Crippen LogP contribution in [0.1, 0.15) is 25.0 Å². The summed E-state index contributed by atoms with van der Waals surface area (Å²) in [5.74, 6) is 0.276. The molecule has 2 rings (SSSR count). The van der Waals surface area contributed by atoms with Crippen LogP contribution in [0.4, 0.5) is 0 Å². The predicted octanol–water partition coefficient (Wildman–Crippen LogP) is 3.13. The molecule has 0 saturated heterocycles. The molecule has 16 heavy (non-hydrogen) atoms. The molecule has 2 atom stereocenters. The molecular formula is C14H16O2. The van der Waals surface area contributed by atoms with Crippen LogP contribution in [0.15, 0.2) is 54.3 Å². The zero-order valence-corrected chi connectivity index (χ0v) is 9.30. The van der Waals surface area contributed by atoms with E-state index < -0.39 is 6.10 Å². The molecular weight excluding hydrogens is 200 g/mol. The number of allylic oxidation sites excluding steroid dienone is 2. The largest absolute Gasteiger partial charge is 0.508 e. The summed E-state index contributed by atoms with van der Waals surface area (Å²) in [6.45, 7) is 1.99. The van der Waals surface area contributed by atoms with E-state index in [-0.39, 0.29) is 11.2 Å². The van der Waals surface area contributed by atoms with E-state index in [1.165, 1.54) is 0 Å². The van der Waals surface area contributed by atoms with E-state index in [0.717, 1.165) is 5.56 Å². The lowest BCUT2D eigenvalue weighted by Crippen LogP contribution is -2.24. The second-order valence-electron chi connectivity index (χ2n) is 4.49. The monoisotopic (exact) mass is 216 g/mol. The fourth-order valence-corrected chi connectivity index (χ4v) is 1.96. The molecule has 0 amide bonds. The molecule has 0 bridgehead atoms. The van der Waals surface area contributed by atoms with Crippen LogP contribution in [0.2, 0.25) is 0 Å². The summed E-state index contributed by atoms with van der Waals surface area (Å²) in [4.78, 5) is 0. The maximum absolute atomic E-state index is 10.3. The highest BCUT2D eigenvalue weighted by atomic mass is 16.3. The zero-order chi connectivity index (χ0) is 11.6. The van der Waals surface area contributed by atoms with Crippen LogP contribution in [0.5, 0.6) is 0 Å². The van der Waals surface area contributed by atoms with E-state index >= 15 is 0 Å². The van der Waals surface area contributed by atoms with Crippen molar-refractivity contribution in [3.8, 4) is 0 Å². The van der Waals surface area contributed by atoms with Gasteiger partial charge < -0.3 is 10.2 Å². The Morgan fingerprint density at radius 1 is 1.25 bits per heavy atom. The third-order valence-corrected chi connectivity index (χ3v) is 3.13. The van der Waals surface area contributed by atoms with E-state index in [2.05, 4.69) is 0 Å². The van der Waals surface area contributed by atoms with Gasteiger partial charge in [0.15, 0.2) is 0 Å². The van der Waals surface area contributed by atoms with Gasteiger partial charge in [-0.05, 0) is 24.1 Å². The minimum absolute atomic E-state index is 0.276. The quantitative estimate of drug-likeness (QED) is 0.797. The second-order valence-corrected chi connectivity index (χ2v) is 4.49. The van der Waals surface area contributed by atoms with Gasteiger partial charge in [0.1, 0.15) is 5.76 Å². The first-order valence-electron chi connectivity index (χ1n) is 5.43. The smallest absolute Gasteiger partial charge is 0.111 e. The van der Waals surface area contributed by atoms with Crippen LogP contribution in [0, 0.1) is 5.41 Å². The van der Waals surface area contributed by atoms with Gasteiger partial charge in [-0.1, -0.05) is 43.3 Å². The number of rotatable bonds is 2. The molecule has 1 aromatic rings. The summed E-state index contributed by atoms with van der Waals surface area (Å²) >= 11 is 0. The van der Waals surface area contributed by atoms with Crippen molar-refractivity contribution >= 4 is 0 Å². The molecule has 1 aliphatic carbocycles. The molecule has 1 aliphatic rings. The first kappa shape index (κ1) is 11.0. The summed E-state index contributed by atoms with van der Waals surface area (Å²) in [6.07, 6.45) is 5.36. The Hall–Kier alpha value is -1.54. The highest BCUT2D eigenvalue weighted by Crippen LogP contribution is 2.40. The number of hydrogen-bond acceptors (Lipinski definition) is 2. The number of benzene rings is 1. The van der Waals surface area contributed by atoms with Crippen LogP contribution < -0.4 is 0 Å². The van der Waals surface area contributed by atoms with Crippen molar-refractivity contribution < 1.29 is 10.2 Å². The standard InChI is InChI=1S/C14H16O2/c1-14(9-7-12(15)8-10-14)13(16)11-5-3-2-4-6-11/h2-9,13,15-16H,10H2,1H3. The molecule has 84 valence electrons. The van der Waals surface area contributed by atoms with Gasteiger partial charge in [0, 0.05) is 5.41 Å². The zero-order valence-electron chi connectivity index (χ0n) is 9.30. The Bertz CT molecular complexity index is 420. The number of hydrogen-bond donors (Lipinski definition) is 2. The van der Waals surface area contributed by atoms with Gasteiger partial charge in [0.2, 0.25) is 0 Å². The first-order valence-corrected chi connectivity index (χ1v) is 5.43. The molecule has 2 unspecified atom stereocenters. The fourth-order valence-electron chi connectivity index (χ4n) is 1.96. The van der Waals surface area contributed by atoms with Gasteiger partial charge in [0.05, 0.1) is 6.10 Å². The average Bonchev–Trinajstić information content (AvgIpc) is 2.33. The SMILES string of the molecule is CC1(C(O)c2ccccc2)C=CC(O)=CC1. The Balaban J connectivity index is 2.23. The summed E-state index contributed by atoms with van der Waals surface area (Å²) in [7, 11) is 0. The summed E-state index contributed by atoms with van der Waals surface area (Å²) in [6, 6.07) is 9.61. The molecule has 0 aliphatic heterocycles. The minimum atomic E-state index is -0.547. The molecule has 0 spiro atoms. The normalized spacial score (nSPS) is 26.2. The highest BCUT2D eigenvalue weighted by Gasteiger charge is 2.32. The lowest BCUT2D eigenvalue weighted by Gasteiger charge is -2.32. The topological polar surface area (TPSA) is 40.5 Å². The Morgan fingerprint density at radius 3 is 2.50 bits per heavy atom. The average molecular weight is 216 g/mol. The van der Waals surface area contributed by atoms with Gasteiger partial charge in [-0.25, -0.2) is 0 Å². The van der Waals surface area contributed by atoms with E-state index in [4.69, 9.17) is 0 Å². The van der Waals surface area contributed by atoms with Gasteiger partial charge in [-0.3, -0.25) is 0 Å². The third-order valence-electron chi connectivity index (χ3n) is 3.13. The predicted molar refractivity (Wildman–Crippen MR) is 64.0 cm³/mol. The summed E-state index contributed by atoms with van der Waals surface area (Å²) in [5, 5.41) is 19.6. The van der Waals surface area contributed by atoms with Crippen molar-refractivity contribution in [2.45, 2.75) is 19.4 Å².